The fraction of sp³-hybridized carbons (Fsp3) is 0.625. The SMILES string of the molecule is CCOC(=O)C(C)(CC#N)C(=O)O. The van der Waals surface area contributed by atoms with Crippen LogP contribution in [0.3, 0.4) is 0 Å². The van der Waals surface area contributed by atoms with Gasteiger partial charge in [-0.05, 0) is 13.8 Å². The smallest absolute Gasteiger partial charge is 0.324 e. The Hall–Kier alpha value is -1.57. The normalized spacial score (nSPS) is 13.9. The largest absolute Gasteiger partial charge is 0.480 e. The summed E-state index contributed by atoms with van der Waals surface area (Å²) in [5, 5.41) is 17.1. The molecule has 5 heteroatoms. The summed E-state index contributed by atoms with van der Waals surface area (Å²) in [5.41, 5.74) is -1.75. The number of carbonyl (C=O) groups is 2. The van der Waals surface area contributed by atoms with Gasteiger partial charge in [0.15, 0.2) is 5.41 Å². The minimum absolute atomic E-state index is 0.104. The molecule has 13 heavy (non-hydrogen) atoms. The van der Waals surface area contributed by atoms with Crippen molar-refractivity contribution < 1.29 is 19.4 Å². The molecule has 0 spiro atoms. The predicted octanol–water partition coefficient (Wildman–Crippen LogP) is 0.554. The van der Waals surface area contributed by atoms with Crippen LogP contribution >= 0.6 is 0 Å². The number of carbonyl (C=O) groups excluding carboxylic acids is 1. The van der Waals surface area contributed by atoms with Crippen LogP contribution in [-0.4, -0.2) is 23.7 Å². The Morgan fingerprint density at radius 3 is 2.46 bits per heavy atom. The molecule has 0 bridgehead atoms. The van der Waals surface area contributed by atoms with Crippen LogP contribution in [-0.2, 0) is 14.3 Å². The van der Waals surface area contributed by atoms with Crippen molar-refractivity contribution in [1.29, 1.82) is 5.26 Å². The molecule has 0 aliphatic heterocycles. The van der Waals surface area contributed by atoms with E-state index in [9.17, 15) is 9.59 Å². The first-order valence-electron chi connectivity index (χ1n) is 3.76. The summed E-state index contributed by atoms with van der Waals surface area (Å²) in [5.74, 6) is -2.21. The molecule has 0 aromatic rings. The zero-order chi connectivity index (χ0) is 10.5. The molecule has 0 aliphatic carbocycles. The lowest BCUT2D eigenvalue weighted by atomic mass is 9.88. The van der Waals surface area contributed by atoms with E-state index in [1.165, 1.54) is 6.92 Å². The van der Waals surface area contributed by atoms with Crippen LogP contribution < -0.4 is 0 Å². The number of carboxylic acids is 1. The van der Waals surface area contributed by atoms with E-state index >= 15 is 0 Å². The predicted molar refractivity (Wildman–Crippen MR) is 42.6 cm³/mol. The van der Waals surface area contributed by atoms with Gasteiger partial charge < -0.3 is 9.84 Å². The van der Waals surface area contributed by atoms with Crippen molar-refractivity contribution in [2.75, 3.05) is 6.61 Å². The van der Waals surface area contributed by atoms with Gasteiger partial charge in [-0.1, -0.05) is 0 Å². The maximum absolute atomic E-state index is 11.1. The Balaban J connectivity index is 4.70. The monoisotopic (exact) mass is 185 g/mol. The van der Waals surface area contributed by atoms with E-state index < -0.39 is 17.4 Å². The number of aliphatic carboxylic acids is 1. The average molecular weight is 185 g/mol. The highest BCUT2D eigenvalue weighted by Crippen LogP contribution is 2.23. The number of ether oxygens (including phenoxy) is 1. The van der Waals surface area contributed by atoms with E-state index in [4.69, 9.17) is 10.4 Å². The molecular formula is C8H11NO4. The molecule has 0 heterocycles. The Morgan fingerprint density at radius 2 is 2.15 bits per heavy atom. The van der Waals surface area contributed by atoms with E-state index in [1.807, 2.05) is 0 Å². The second-order valence-corrected chi connectivity index (χ2v) is 2.69. The van der Waals surface area contributed by atoms with Gasteiger partial charge in [0.2, 0.25) is 0 Å². The van der Waals surface area contributed by atoms with Gasteiger partial charge in [0.05, 0.1) is 19.1 Å². The number of carboxylic acid groups (broad SMARTS) is 1. The molecule has 0 amide bonds. The van der Waals surface area contributed by atoms with Crippen LogP contribution in [0, 0.1) is 16.7 Å². The Kier molecular flexibility index (Phi) is 3.92. The number of nitriles is 1. The standard InChI is InChI=1S/C8H11NO4/c1-3-13-7(12)8(2,4-5-9)6(10)11/h3-4H2,1-2H3,(H,10,11). The summed E-state index contributed by atoms with van der Waals surface area (Å²) in [6, 6.07) is 1.65. The van der Waals surface area contributed by atoms with Crippen LogP contribution in [0.4, 0.5) is 0 Å². The van der Waals surface area contributed by atoms with Gasteiger partial charge in [-0.25, -0.2) is 0 Å². The van der Waals surface area contributed by atoms with Crippen LogP contribution in [0.15, 0.2) is 0 Å². The van der Waals surface area contributed by atoms with E-state index in [1.54, 1.807) is 13.0 Å². The summed E-state index contributed by atoms with van der Waals surface area (Å²) in [4.78, 5) is 21.8. The molecule has 0 aromatic carbocycles. The number of hydrogen-bond acceptors (Lipinski definition) is 4. The van der Waals surface area contributed by atoms with E-state index in [2.05, 4.69) is 4.74 Å². The van der Waals surface area contributed by atoms with Gasteiger partial charge in [-0.15, -0.1) is 0 Å². The molecule has 0 aromatic heterocycles. The van der Waals surface area contributed by atoms with Crippen molar-refractivity contribution >= 4 is 11.9 Å². The van der Waals surface area contributed by atoms with Gasteiger partial charge in [0.25, 0.3) is 0 Å². The Morgan fingerprint density at radius 1 is 1.62 bits per heavy atom. The molecule has 0 saturated carbocycles. The first-order valence-corrected chi connectivity index (χ1v) is 3.76. The van der Waals surface area contributed by atoms with Gasteiger partial charge in [-0.2, -0.15) is 5.26 Å². The summed E-state index contributed by atoms with van der Waals surface area (Å²) >= 11 is 0. The van der Waals surface area contributed by atoms with Crippen LogP contribution in [0.2, 0.25) is 0 Å². The van der Waals surface area contributed by atoms with Gasteiger partial charge >= 0.3 is 11.9 Å². The lowest BCUT2D eigenvalue weighted by molar-refractivity contribution is -0.166. The highest BCUT2D eigenvalue weighted by atomic mass is 16.5. The van der Waals surface area contributed by atoms with Crippen molar-refractivity contribution in [3.8, 4) is 6.07 Å². The van der Waals surface area contributed by atoms with Crippen molar-refractivity contribution in [3.63, 3.8) is 0 Å². The van der Waals surface area contributed by atoms with Gasteiger partial charge in [0.1, 0.15) is 0 Å². The maximum atomic E-state index is 11.1. The number of esters is 1. The zero-order valence-electron chi connectivity index (χ0n) is 7.53. The van der Waals surface area contributed by atoms with Crippen LogP contribution in [0.5, 0.6) is 0 Å². The highest BCUT2D eigenvalue weighted by Gasteiger charge is 2.42. The molecule has 0 rings (SSSR count). The molecule has 1 unspecified atom stereocenters. The van der Waals surface area contributed by atoms with E-state index in [0.29, 0.717) is 0 Å². The van der Waals surface area contributed by atoms with Crippen molar-refractivity contribution in [2.24, 2.45) is 5.41 Å². The molecule has 1 N–H and O–H groups in total. The number of rotatable bonds is 4. The fourth-order valence-corrected chi connectivity index (χ4v) is 0.684. The molecule has 0 fully saturated rings. The third-order valence-electron chi connectivity index (χ3n) is 1.63. The Bertz CT molecular complexity index is 255. The fourth-order valence-electron chi connectivity index (χ4n) is 0.684. The number of nitrogens with zero attached hydrogens (tertiary/aromatic N) is 1. The maximum Gasteiger partial charge on any atom is 0.324 e. The lowest BCUT2D eigenvalue weighted by Crippen LogP contribution is -2.37. The minimum atomic E-state index is -1.75. The minimum Gasteiger partial charge on any atom is -0.480 e. The van der Waals surface area contributed by atoms with Crippen LogP contribution in [0.1, 0.15) is 20.3 Å². The molecular weight excluding hydrogens is 174 g/mol. The molecule has 0 aliphatic rings. The molecule has 5 nitrogen and oxygen atoms in total. The Labute approximate surface area is 75.9 Å². The molecule has 1 atom stereocenters. The quantitative estimate of drug-likeness (QED) is 0.510. The summed E-state index contributed by atoms with van der Waals surface area (Å²) in [7, 11) is 0. The van der Waals surface area contributed by atoms with Crippen LogP contribution in [0.25, 0.3) is 0 Å². The molecule has 0 saturated heterocycles. The summed E-state index contributed by atoms with van der Waals surface area (Å²) in [6.07, 6.45) is -0.388. The summed E-state index contributed by atoms with van der Waals surface area (Å²) in [6.45, 7) is 2.86. The van der Waals surface area contributed by atoms with Crippen molar-refractivity contribution in [2.45, 2.75) is 20.3 Å². The topological polar surface area (TPSA) is 87.4 Å². The molecule has 72 valence electrons. The third-order valence-corrected chi connectivity index (χ3v) is 1.63. The number of hydrogen-bond donors (Lipinski definition) is 1. The lowest BCUT2D eigenvalue weighted by Gasteiger charge is -2.18. The summed E-state index contributed by atoms with van der Waals surface area (Å²) < 4.78 is 4.55. The first-order chi connectivity index (χ1) is 5.99. The van der Waals surface area contributed by atoms with Crippen molar-refractivity contribution in [3.05, 3.63) is 0 Å². The van der Waals surface area contributed by atoms with E-state index in [0.717, 1.165) is 0 Å². The van der Waals surface area contributed by atoms with E-state index in [-0.39, 0.29) is 13.0 Å². The average Bonchev–Trinajstić information content (AvgIpc) is 2.04. The second-order valence-electron chi connectivity index (χ2n) is 2.69. The first kappa shape index (κ1) is 11.4. The molecule has 0 radical (unpaired) electrons. The third kappa shape index (κ3) is 2.44. The van der Waals surface area contributed by atoms with Gasteiger partial charge in [0, 0.05) is 0 Å². The zero-order valence-corrected chi connectivity index (χ0v) is 7.53. The second kappa shape index (κ2) is 4.45. The van der Waals surface area contributed by atoms with Gasteiger partial charge in [-0.3, -0.25) is 9.59 Å². The highest BCUT2D eigenvalue weighted by molar-refractivity contribution is 5.98. The van der Waals surface area contributed by atoms with Crippen molar-refractivity contribution in [1.82, 2.24) is 0 Å².